The van der Waals surface area contributed by atoms with Gasteiger partial charge in [-0.15, -0.1) is 0 Å². The van der Waals surface area contributed by atoms with Crippen LogP contribution in [0.4, 0.5) is 5.69 Å². The molecule has 1 amide bonds. The van der Waals surface area contributed by atoms with Gasteiger partial charge in [-0.05, 0) is 13.0 Å². The number of hydrogen-bond acceptors (Lipinski definition) is 4. The molecule has 7 nitrogen and oxygen atoms in total. The third-order valence-electron chi connectivity index (χ3n) is 2.84. The lowest BCUT2D eigenvalue weighted by molar-refractivity contribution is -0.384. The molecule has 0 unspecified atom stereocenters. The van der Waals surface area contributed by atoms with Crippen molar-refractivity contribution in [3.05, 3.63) is 55.3 Å². The summed E-state index contributed by atoms with van der Waals surface area (Å²) in [6.45, 7) is 2.06. The highest BCUT2D eigenvalue weighted by Gasteiger charge is 2.20. The van der Waals surface area contributed by atoms with Crippen molar-refractivity contribution in [1.82, 2.24) is 15.5 Å². The van der Waals surface area contributed by atoms with Crippen molar-refractivity contribution in [2.75, 3.05) is 0 Å². The number of H-pyrrole nitrogens is 1. The van der Waals surface area contributed by atoms with Crippen molar-refractivity contribution in [3.8, 4) is 0 Å². The molecule has 0 saturated carbocycles. The number of hydrogen-bond donors (Lipinski definition) is 2. The minimum atomic E-state index is -0.689. The van der Waals surface area contributed by atoms with Crippen molar-refractivity contribution < 1.29 is 9.72 Å². The molecule has 0 fully saturated rings. The summed E-state index contributed by atoms with van der Waals surface area (Å²) in [7, 11) is 0. The van der Waals surface area contributed by atoms with E-state index < -0.39 is 16.5 Å². The first kappa shape index (κ1) is 15.3. The third-order valence-corrected chi connectivity index (χ3v) is 3.63. The molecule has 1 aromatic carbocycles. The Morgan fingerprint density at radius 2 is 2.19 bits per heavy atom. The summed E-state index contributed by atoms with van der Waals surface area (Å²) in [5, 5.41) is 19.8. The van der Waals surface area contributed by atoms with E-state index in [9.17, 15) is 14.9 Å². The minimum Gasteiger partial charge on any atom is -0.348 e. The molecule has 9 heteroatoms. The van der Waals surface area contributed by atoms with Gasteiger partial charge in [0.2, 0.25) is 0 Å². The zero-order valence-corrected chi connectivity index (χ0v) is 12.3. The summed E-state index contributed by atoms with van der Waals surface area (Å²) < 4.78 is 0. The SMILES string of the molecule is Cc1[nH]ncc1CNC(=O)c1cc(Cl)c(Cl)c([N+](=O)[O-])c1. The fourth-order valence-corrected chi connectivity index (χ4v) is 2.06. The minimum absolute atomic E-state index is 0.0458. The van der Waals surface area contributed by atoms with Crippen LogP contribution in [0.1, 0.15) is 21.6 Å². The average molecular weight is 329 g/mol. The van der Waals surface area contributed by atoms with Crippen LogP contribution in [0, 0.1) is 17.0 Å². The van der Waals surface area contributed by atoms with Crippen LogP contribution in [0.5, 0.6) is 0 Å². The Balaban J connectivity index is 2.20. The van der Waals surface area contributed by atoms with Crippen molar-refractivity contribution in [1.29, 1.82) is 0 Å². The maximum absolute atomic E-state index is 12.0. The summed E-state index contributed by atoms with van der Waals surface area (Å²) in [5.41, 5.74) is 1.30. The second kappa shape index (κ2) is 6.11. The molecular weight excluding hydrogens is 319 g/mol. The second-order valence-corrected chi connectivity index (χ2v) is 5.04. The number of halogens is 2. The Bertz CT molecular complexity index is 715. The predicted molar refractivity (Wildman–Crippen MR) is 77.6 cm³/mol. The van der Waals surface area contributed by atoms with Gasteiger partial charge in [-0.3, -0.25) is 20.0 Å². The van der Waals surface area contributed by atoms with Crippen molar-refractivity contribution in [3.63, 3.8) is 0 Å². The van der Waals surface area contributed by atoms with Crippen molar-refractivity contribution in [2.24, 2.45) is 0 Å². The van der Waals surface area contributed by atoms with Gasteiger partial charge in [-0.2, -0.15) is 5.10 Å². The monoisotopic (exact) mass is 328 g/mol. The predicted octanol–water partition coefficient (Wildman–Crippen LogP) is 2.86. The van der Waals surface area contributed by atoms with E-state index in [-0.39, 0.29) is 22.2 Å². The number of carbonyl (C=O) groups excluding carboxylic acids is 1. The summed E-state index contributed by atoms with van der Waals surface area (Å²) in [4.78, 5) is 22.2. The summed E-state index contributed by atoms with van der Waals surface area (Å²) >= 11 is 11.5. The number of nitrogens with zero attached hydrogens (tertiary/aromatic N) is 2. The molecule has 0 aliphatic heterocycles. The van der Waals surface area contributed by atoms with Crippen molar-refractivity contribution in [2.45, 2.75) is 13.5 Å². The van der Waals surface area contributed by atoms with Gasteiger partial charge in [0.15, 0.2) is 0 Å². The van der Waals surface area contributed by atoms with Crippen LogP contribution in [0.15, 0.2) is 18.3 Å². The Kier molecular flexibility index (Phi) is 4.44. The highest BCUT2D eigenvalue weighted by atomic mass is 35.5. The standard InChI is InChI=1S/C12H10Cl2N4O3/c1-6-8(5-16-17-6)4-15-12(19)7-2-9(13)11(14)10(3-7)18(20)21/h2-3,5H,4H2,1H3,(H,15,19)(H,16,17). The van der Waals surface area contributed by atoms with Crippen molar-refractivity contribution >= 4 is 34.8 Å². The number of nitro groups is 1. The molecule has 0 radical (unpaired) electrons. The Labute approximate surface area is 129 Å². The molecule has 21 heavy (non-hydrogen) atoms. The molecule has 1 heterocycles. The average Bonchev–Trinajstić information content (AvgIpc) is 2.84. The highest BCUT2D eigenvalue weighted by molar-refractivity contribution is 6.43. The van der Waals surface area contributed by atoms with E-state index in [1.165, 1.54) is 6.07 Å². The van der Waals surface area contributed by atoms with E-state index >= 15 is 0 Å². The number of amides is 1. The Hall–Kier alpha value is -2.12. The summed E-state index contributed by atoms with van der Waals surface area (Å²) in [6.07, 6.45) is 1.59. The maximum Gasteiger partial charge on any atom is 0.290 e. The molecule has 2 aromatic rings. The van der Waals surface area contributed by atoms with Gasteiger partial charge in [0.1, 0.15) is 5.02 Å². The van der Waals surface area contributed by atoms with Gasteiger partial charge < -0.3 is 5.32 Å². The molecule has 0 aliphatic rings. The van der Waals surface area contributed by atoms with Crippen LogP contribution in [-0.2, 0) is 6.54 Å². The van der Waals surface area contributed by atoms with Gasteiger partial charge >= 0.3 is 0 Å². The van der Waals surface area contributed by atoms with Crippen LogP contribution in [0.3, 0.4) is 0 Å². The smallest absolute Gasteiger partial charge is 0.290 e. The lowest BCUT2D eigenvalue weighted by Gasteiger charge is -2.06. The van der Waals surface area contributed by atoms with E-state index in [4.69, 9.17) is 23.2 Å². The van der Waals surface area contributed by atoms with Crippen LogP contribution in [0.25, 0.3) is 0 Å². The lowest BCUT2D eigenvalue weighted by Crippen LogP contribution is -2.23. The molecule has 0 spiro atoms. The maximum atomic E-state index is 12.0. The zero-order chi connectivity index (χ0) is 15.6. The van der Waals surface area contributed by atoms with Crippen LogP contribution < -0.4 is 5.32 Å². The first-order valence-electron chi connectivity index (χ1n) is 5.80. The summed E-state index contributed by atoms with van der Waals surface area (Å²) in [6, 6.07) is 2.38. The molecule has 0 saturated heterocycles. The van der Waals surface area contributed by atoms with Gasteiger partial charge in [0, 0.05) is 29.4 Å². The number of aromatic nitrogens is 2. The Morgan fingerprint density at radius 3 is 2.76 bits per heavy atom. The molecule has 0 atom stereocenters. The number of aryl methyl sites for hydroxylation is 1. The van der Waals surface area contributed by atoms with Crippen LogP contribution in [-0.4, -0.2) is 21.0 Å². The normalized spacial score (nSPS) is 10.4. The molecule has 0 aliphatic carbocycles. The largest absolute Gasteiger partial charge is 0.348 e. The fourth-order valence-electron chi connectivity index (χ4n) is 1.67. The molecule has 1 aromatic heterocycles. The number of benzene rings is 1. The lowest BCUT2D eigenvalue weighted by atomic mass is 10.1. The van der Waals surface area contributed by atoms with E-state index in [2.05, 4.69) is 15.5 Å². The second-order valence-electron chi connectivity index (χ2n) is 4.25. The quantitative estimate of drug-likeness (QED) is 0.665. The first-order valence-corrected chi connectivity index (χ1v) is 6.56. The summed E-state index contributed by atoms with van der Waals surface area (Å²) in [5.74, 6) is -0.489. The van der Waals surface area contributed by atoms with Gasteiger partial charge in [-0.1, -0.05) is 23.2 Å². The molecule has 2 N–H and O–H groups in total. The Morgan fingerprint density at radius 1 is 1.48 bits per heavy atom. The molecule has 110 valence electrons. The molecular formula is C12H10Cl2N4O3. The number of rotatable bonds is 4. The van der Waals surface area contributed by atoms with Crippen LogP contribution >= 0.6 is 23.2 Å². The topological polar surface area (TPSA) is 101 Å². The van der Waals surface area contributed by atoms with E-state index in [1.807, 2.05) is 6.92 Å². The fraction of sp³-hybridized carbons (Fsp3) is 0.167. The first-order chi connectivity index (χ1) is 9.90. The zero-order valence-electron chi connectivity index (χ0n) is 10.8. The highest BCUT2D eigenvalue weighted by Crippen LogP contribution is 2.33. The van der Waals surface area contributed by atoms with E-state index in [0.29, 0.717) is 0 Å². The number of nitro benzene ring substituents is 1. The number of carbonyl (C=O) groups is 1. The van der Waals surface area contributed by atoms with Gasteiger partial charge in [0.05, 0.1) is 16.1 Å². The van der Waals surface area contributed by atoms with Crippen LogP contribution in [0.2, 0.25) is 10.0 Å². The molecule has 0 bridgehead atoms. The number of nitrogens with one attached hydrogen (secondary N) is 2. The third kappa shape index (κ3) is 3.32. The van der Waals surface area contributed by atoms with E-state index in [0.717, 1.165) is 17.3 Å². The van der Waals surface area contributed by atoms with Gasteiger partial charge in [-0.25, -0.2) is 0 Å². The van der Waals surface area contributed by atoms with E-state index in [1.54, 1.807) is 6.20 Å². The van der Waals surface area contributed by atoms with Gasteiger partial charge in [0.25, 0.3) is 11.6 Å². The molecule has 2 rings (SSSR count). The number of aromatic amines is 1.